The number of fused-ring (bicyclic) bond motifs is 1. The van der Waals surface area contributed by atoms with E-state index in [1.807, 2.05) is 23.6 Å². The highest BCUT2D eigenvalue weighted by molar-refractivity contribution is 7.12. The lowest BCUT2D eigenvalue weighted by atomic mass is 9.88. The Kier molecular flexibility index (Phi) is 4.78. The Hall–Kier alpha value is -2.05. The van der Waals surface area contributed by atoms with Crippen LogP contribution >= 0.6 is 11.3 Å². The fourth-order valence-corrected chi connectivity index (χ4v) is 4.12. The van der Waals surface area contributed by atoms with Crippen molar-refractivity contribution in [3.05, 3.63) is 45.1 Å². The maximum atomic E-state index is 12.1. The second-order valence-corrected chi connectivity index (χ2v) is 6.65. The zero-order valence-electron chi connectivity index (χ0n) is 14.3. The van der Waals surface area contributed by atoms with Crippen LogP contribution in [-0.4, -0.2) is 45.8 Å². The lowest BCUT2D eigenvalue weighted by Crippen LogP contribution is -2.33. The first kappa shape index (κ1) is 16.8. The fourth-order valence-electron chi connectivity index (χ4n) is 3.27. The van der Waals surface area contributed by atoms with E-state index in [2.05, 4.69) is 11.9 Å². The summed E-state index contributed by atoms with van der Waals surface area (Å²) in [6.07, 6.45) is 0.931. The van der Waals surface area contributed by atoms with E-state index < -0.39 is 0 Å². The molecule has 0 radical (unpaired) electrons. The van der Waals surface area contributed by atoms with Crippen LogP contribution in [0.2, 0.25) is 0 Å². The van der Waals surface area contributed by atoms with Gasteiger partial charge in [-0.25, -0.2) is 4.79 Å². The van der Waals surface area contributed by atoms with E-state index in [0.717, 1.165) is 29.8 Å². The molecular weight excluding hydrogens is 326 g/mol. The molecule has 0 saturated carbocycles. The molecule has 1 aromatic carbocycles. The molecule has 0 aliphatic carbocycles. The first-order valence-corrected chi connectivity index (χ1v) is 8.59. The number of methoxy groups -OCH3 is 3. The Balaban J connectivity index is 2.14. The molecule has 0 bridgehead atoms. The molecule has 24 heavy (non-hydrogen) atoms. The summed E-state index contributed by atoms with van der Waals surface area (Å²) in [6, 6.07) is 6.06. The van der Waals surface area contributed by atoms with Gasteiger partial charge in [0.05, 0.1) is 27.4 Å². The van der Waals surface area contributed by atoms with Gasteiger partial charge in [0.25, 0.3) is 0 Å². The predicted molar refractivity (Wildman–Crippen MR) is 93.4 cm³/mol. The molecule has 1 aromatic heterocycles. The largest absolute Gasteiger partial charge is 0.493 e. The third-order valence-corrected chi connectivity index (χ3v) is 5.39. The van der Waals surface area contributed by atoms with Crippen molar-refractivity contribution < 1.29 is 19.0 Å². The van der Waals surface area contributed by atoms with Gasteiger partial charge in [-0.1, -0.05) is 0 Å². The molecule has 2 aromatic rings. The van der Waals surface area contributed by atoms with Gasteiger partial charge in [-0.3, -0.25) is 4.90 Å². The van der Waals surface area contributed by atoms with Crippen molar-refractivity contribution in [1.29, 1.82) is 0 Å². The van der Waals surface area contributed by atoms with Crippen LogP contribution in [0.5, 0.6) is 11.5 Å². The quantitative estimate of drug-likeness (QED) is 0.795. The number of hydrogen-bond donors (Lipinski definition) is 0. The van der Waals surface area contributed by atoms with Crippen LogP contribution in [0.4, 0.5) is 0 Å². The summed E-state index contributed by atoms with van der Waals surface area (Å²) in [7, 11) is 6.77. The standard InChI is InChI=1S/C18H21NO4S/c1-19-7-5-11-9-14(21-2)15(22-3)10-13(11)16(19)12-6-8-24-17(12)18(20)23-4/h6,8-10,16H,5,7H2,1-4H3. The van der Waals surface area contributed by atoms with Crippen LogP contribution in [0.15, 0.2) is 23.6 Å². The topological polar surface area (TPSA) is 48.0 Å². The molecule has 128 valence electrons. The number of nitrogens with zero attached hydrogens (tertiary/aromatic N) is 1. The van der Waals surface area contributed by atoms with E-state index >= 15 is 0 Å². The lowest BCUT2D eigenvalue weighted by molar-refractivity contribution is 0.0603. The maximum Gasteiger partial charge on any atom is 0.348 e. The second-order valence-electron chi connectivity index (χ2n) is 5.74. The van der Waals surface area contributed by atoms with Gasteiger partial charge in [0.15, 0.2) is 11.5 Å². The molecule has 0 fully saturated rings. The van der Waals surface area contributed by atoms with Crippen LogP contribution in [0, 0.1) is 0 Å². The van der Waals surface area contributed by atoms with Crippen LogP contribution in [-0.2, 0) is 11.2 Å². The molecule has 2 heterocycles. The molecule has 3 rings (SSSR count). The van der Waals surface area contributed by atoms with Gasteiger partial charge in [-0.15, -0.1) is 11.3 Å². The van der Waals surface area contributed by atoms with Crippen molar-refractivity contribution in [2.24, 2.45) is 0 Å². The number of benzene rings is 1. The summed E-state index contributed by atoms with van der Waals surface area (Å²) in [6.45, 7) is 0.906. The molecule has 5 nitrogen and oxygen atoms in total. The van der Waals surface area contributed by atoms with Crippen LogP contribution in [0.25, 0.3) is 0 Å². The predicted octanol–water partition coefficient (Wildman–Crippen LogP) is 3.13. The van der Waals surface area contributed by atoms with E-state index in [1.54, 1.807) is 14.2 Å². The SMILES string of the molecule is COC(=O)c1sccc1C1c2cc(OC)c(OC)cc2CCN1C. The number of likely N-dealkylation sites (N-methyl/N-ethyl adjacent to an activating group) is 1. The Bertz CT molecular complexity index is 755. The van der Waals surface area contributed by atoms with Gasteiger partial charge in [0.1, 0.15) is 4.88 Å². The first-order chi connectivity index (χ1) is 11.6. The summed E-state index contributed by atoms with van der Waals surface area (Å²) < 4.78 is 15.8. The minimum absolute atomic E-state index is 0.00564. The average Bonchev–Trinajstić information content (AvgIpc) is 3.08. The summed E-state index contributed by atoms with van der Waals surface area (Å²) in [5, 5.41) is 1.93. The number of ether oxygens (including phenoxy) is 3. The Morgan fingerprint density at radius 1 is 1.17 bits per heavy atom. The molecule has 1 aliphatic heterocycles. The van der Waals surface area contributed by atoms with Crippen molar-refractivity contribution in [2.45, 2.75) is 12.5 Å². The van der Waals surface area contributed by atoms with Crippen molar-refractivity contribution in [1.82, 2.24) is 4.90 Å². The van der Waals surface area contributed by atoms with E-state index in [1.165, 1.54) is 24.0 Å². The summed E-state index contributed by atoms with van der Waals surface area (Å²) in [5.74, 6) is 1.14. The van der Waals surface area contributed by atoms with Gasteiger partial charge in [0.2, 0.25) is 0 Å². The Labute approximate surface area is 145 Å². The number of rotatable bonds is 4. The minimum atomic E-state index is -0.291. The number of thiophene rings is 1. The number of carbonyl (C=O) groups is 1. The first-order valence-electron chi connectivity index (χ1n) is 7.71. The van der Waals surface area contributed by atoms with Gasteiger partial charge in [-0.05, 0) is 53.7 Å². The average molecular weight is 347 g/mol. The zero-order chi connectivity index (χ0) is 17.3. The highest BCUT2D eigenvalue weighted by atomic mass is 32.1. The van der Waals surface area contributed by atoms with Gasteiger partial charge in [0, 0.05) is 6.54 Å². The Morgan fingerprint density at radius 2 is 1.88 bits per heavy atom. The highest BCUT2D eigenvalue weighted by Gasteiger charge is 2.31. The third-order valence-electron chi connectivity index (χ3n) is 4.48. The molecule has 1 aliphatic rings. The maximum absolute atomic E-state index is 12.1. The van der Waals surface area contributed by atoms with Crippen LogP contribution in [0.1, 0.15) is 32.4 Å². The number of esters is 1. The monoisotopic (exact) mass is 347 g/mol. The molecular formula is C18H21NO4S. The van der Waals surface area contributed by atoms with Crippen LogP contribution < -0.4 is 9.47 Å². The zero-order valence-corrected chi connectivity index (χ0v) is 15.1. The summed E-state index contributed by atoms with van der Waals surface area (Å²) in [5.41, 5.74) is 3.34. The summed E-state index contributed by atoms with van der Waals surface area (Å²) >= 11 is 1.41. The number of carbonyl (C=O) groups excluding carboxylic acids is 1. The molecule has 0 spiro atoms. The van der Waals surface area contributed by atoms with Gasteiger partial charge < -0.3 is 14.2 Å². The van der Waals surface area contributed by atoms with Crippen molar-refractivity contribution >= 4 is 17.3 Å². The smallest absolute Gasteiger partial charge is 0.348 e. The number of hydrogen-bond acceptors (Lipinski definition) is 6. The Morgan fingerprint density at radius 3 is 2.54 bits per heavy atom. The molecule has 0 saturated heterocycles. The summed E-state index contributed by atoms with van der Waals surface area (Å²) in [4.78, 5) is 15.0. The minimum Gasteiger partial charge on any atom is -0.493 e. The molecule has 1 unspecified atom stereocenters. The van der Waals surface area contributed by atoms with Gasteiger partial charge >= 0.3 is 5.97 Å². The highest BCUT2D eigenvalue weighted by Crippen LogP contribution is 2.42. The van der Waals surface area contributed by atoms with Crippen molar-refractivity contribution in [3.63, 3.8) is 0 Å². The molecule has 6 heteroatoms. The van der Waals surface area contributed by atoms with Crippen molar-refractivity contribution in [2.75, 3.05) is 34.9 Å². The third kappa shape index (κ3) is 2.76. The normalized spacial score (nSPS) is 17.2. The fraction of sp³-hybridized carbons (Fsp3) is 0.389. The molecule has 1 atom stereocenters. The van der Waals surface area contributed by atoms with Crippen LogP contribution in [0.3, 0.4) is 0 Å². The molecule has 0 amide bonds. The van der Waals surface area contributed by atoms with E-state index in [9.17, 15) is 4.79 Å². The second kappa shape index (κ2) is 6.83. The van der Waals surface area contributed by atoms with E-state index in [0.29, 0.717) is 10.6 Å². The molecule has 0 N–H and O–H groups in total. The van der Waals surface area contributed by atoms with Gasteiger partial charge in [-0.2, -0.15) is 0 Å². The van der Waals surface area contributed by atoms with E-state index in [4.69, 9.17) is 14.2 Å². The van der Waals surface area contributed by atoms with E-state index in [-0.39, 0.29) is 12.0 Å². The van der Waals surface area contributed by atoms with Crippen molar-refractivity contribution in [3.8, 4) is 11.5 Å². The lowest BCUT2D eigenvalue weighted by Gasteiger charge is -2.35.